The molecule has 0 saturated carbocycles. The largest absolute Gasteiger partial charge is 0.347 e. The van der Waals surface area contributed by atoms with E-state index in [4.69, 9.17) is 10.1 Å². The van der Waals surface area contributed by atoms with Crippen molar-refractivity contribution in [2.75, 3.05) is 31.1 Å². The lowest BCUT2D eigenvalue weighted by molar-refractivity contribution is -0.136. The smallest absolute Gasteiger partial charge is 0.225 e. The average molecular weight is 424 g/mol. The lowest BCUT2D eigenvalue weighted by Crippen LogP contribution is -2.43. The van der Waals surface area contributed by atoms with E-state index in [9.17, 15) is 4.79 Å². The van der Waals surface area contributed by atoms with E-state index in [2.05, 4.69) is 41.0 Å². The zero-order chi connectivity index (χ0) is 20.5. The highest BCUT2D eigenvalue weighted by molar-refractivity contribution is 7.20. The summed E-state index contributed by atoms with van der Waals surface area (Å²) >= 11 is 1.63. The molecular weight excluding hydrogens is 394 g/mol. The van der Waals surface area contributed by atoms with Crippen molar-refractivity contribution >= 4 is 27.3 Å². The first-order valence-electron chi connectivity index (χ1n) is 11.1. The van der Waals surface area contributed by atoms with E-state index in [0.29, 0.717) is 5.91 Å². The number of likely N-dealkylation sites (tertiary alicyclic amines) is 1. The third kappa shape index (κ3) is 3.95. The van der Waals surface area contributed by atoms with Crippen LogP contribution in [-0.2, 0) is 4.79 Å². The van der Waals surface area contributed by atoms with Crippen LogP contribution in [0.15, 0.2) is 30.5 Å². The number of anilines is 1. The minimum Gasteiger partial charge on any atom is -0.347 e. The van der Waals surface area contributed by atoms with E-state index in [1.807, 2.05) is 10.7 Å². The highest BCUT2D eigenvalue weighted by Crippen LogP contribution is 2.30. The van der Waals surface area contributed by atoms with Gasteiger partial charge in [-0.3, -0.25) is 4.79 Å². The van der Waals surface area contributed by atoms with Crippen LogP contribution < -0.4 is 4.90 Å². The Labute approximate surface area is 181 Å². The molecule has 0 aliphatic carbocycles. The van der Waals surface area contributed by atoms with E-state index < -0.39 is 0 Å². The zero-order valence-corrected chi connectivity index (χ0v) is 18.4. The van der Waals surface area contributed by atoms with Crippen LogP contribution in [0.5, 0.6) is 0 Å². The van der Waals surface area contributed by atoms with Crippen molar-refractivity contribution in [1.29, 1.82) is 0 Å². The number of aryl methyl sites for hydroxylation is 1. The van der Waals surface area contributed by atoms with Gasteiger partial charge in [0.15, 0.2) is 0 Å². The average Bonchev–Trinajstić information content (AvgIpc) is 3.22. The molecule has 7 heteroatoms. The van der Waals surface area contributed by atoms with Gasteiger partial charge in [-0.15, -0.1) is 5.10 Å². The van der Waals surface area contributed by atoms with Gasteiger partial charge < -0.3 is 9.80 Å². The first kappa shape index (κ1) is 19.5. The summed E-state index contributed by atoms with van der Waals surface area (Å²) in [6.45, 7) is 5.78. The molecule has 6 nitrogen and oxygen atoms in total. The molecule has 4 heterocycles. The number of imidazole rings is 1. The van der Waals surface area contributed by atoms with Gasteiger partial charge >= 0.3 is 0 Å². The highest BCUT2D eigenvalue weighted by atomic mass is 32.1. The third-order valence-electron chi connectivity index (χ3n) is 6.41. The Kier molecular flexibility index (Phi) is 5.46. The van der Waals surface area contributed by atoms with Gasteiger partial charge in [-0.2, -0.15) is 0 Å². The molecular formula is C23H29N5OS. The Hall–Kier alpha value is -2.41. The molecule has 0 unspecified atom stereocenters. The molecule has 30 heavy (non-hydrogen) atoms. The van der Waals surface area contributed by atoms with Crippen LogP contribution in [0, 0.1) is 12.8 Å². The second-order valence-electron chi connectivity index (χ2n) is 8.60. The SMILES string of the molecule is Cc1ccc(-c2cn3nc(N4CCC(C(=O)N5CCCCCC5)CC4)sc3n2)cc1. The standard InChI is InChI=1S/C23H29N5OS/c1-17-6-8-18(9-7-17)20-16-28-22(24-20)30-23(25-28)27-14-10-19(11-15-27)21(29)26-12-4-2-3-5-13-26/h6-9,16,19H,2-5,10-15H2,1H3. The number of hydrogen-bond acceptors (Lipinski definition) is 5. The molecule has 5 rings (SSSR count). The number of fused-ring (bicyclic) bond motifs is 1. The summed E-state index contributed by atoms with van der Waals surface area (Å²) in [6.07, 6.45) is 8.70. The number of rotatable bonds is 3. The fraction of sp³-hybridized carbons (Fsp3) is 0.522. The number of nitrogens with zero attached hydrogens (tertiary/aromatic N) is 5. The number of benzene rings is 1. The summed E-state index contributed by atoms with van der Waals surface area (Å²) in [4.78, 5) is 23.1. The summed E-state index contributed by atoms with van der Waals surface area (Å²) < 4.78 is 1.89. The maximum absolute atomic E-state index is 12.9. The number of amides is 1. The monoisotopic (exact) mass is 423 g/mol. The highest BCUT2D eigenvalue weighted by Gasteiger charge is 2.30. The van der Waals surface area contributed by atoms with Crippen LogP contribution in [-0.4, -0.2) is 51.6 Å². The van der Waals surface area contributed by atoms with Crippen LogP contribution in [0.4, 0.5) is 5.13 Å². The summed E-state index contributed by atoms with van der Waals surface area (Å²) in [5.74, 6) is 0.560. The van der Waals surface area contributed by atoms with Gasteiger partial charge in [0.25, 0.3) is 0 Å². The summed E-state index contributed by atoms with van der Waals surface area (Å²) in [5, 5.41) is 5.78. The fourth-order valence-electron chi connectivity index (χ4n) is 4.55. The Morgan fingerprint density at radius 1 is 1.00 bits per heavy atom. The van der Waals surface area contributed by atoms with Gasteiger partial charge in [0.1, 0.15) is 0 Å². The van der Waals surface area contributed by atoms with Crippen LogP contribution in [0.3, 0.4) is 0 Å². The molecule has 3 aromatic rings. The number of carbonyl (C=O) groups excluding carboxylic acids is 1. The van der Waals surface area contributed by atoms with Crippen molar-refractivity contribution in [3.63, 3.8) is 0 Å². The summed E-state index contributed by atoms with van der Waals surface area (Å²) in [7, 11) is 0. The summed E-state index contributed by atoms with van der Waals surface area (Å²) in [5.41, 5.74) is 3.33. The number of hydrogen-bond donors (Lipinski definition) is 0. The predicted molar refractivity (Wildman–Crippen MR) is 121 cm³/mol. The van der Waals surface area contributed by atoms with Gasteiger partial charge in [-0.1, -0.05) is 54.0 Å². The van der Waals surface area contributed by atoms with Crippen LogP contribution in [0.1, 0.15) is 44.1 Å². The van der Waals surface area contributed by atoms with E-state index in [1.165, 1.54) is 18.4 Å². The van der Waals surface area contributed by atoms with Gasteiger partial charge in [0.05, 0.1) is 11.9 Å². The molecule has 0 spiro atoms. The van der Waals surface area contributed by atoms with Crippen molar-refractivity contribution in [2.45, 2.75) is 45.4 Å². The predicted octanol–water partition coefficient (Wildman–Crippen LogP) is 4.39. The minimum absolute atomic E-state index is 0.177. The molecule has 0 atom stereocenters. The minimum atomic E-state index is 0.177. The Bertz CT molecular complexity index is 977. The van der Waals surface area contributed by atoms with Crippen molar-refractivity contribution < 1.29 is 4.79 Å². The molecule has 158 valence electrons. The van der Waals surface area contributed by atoms with E-state index in [0.717, 1.165) is 73.2 Å². The molecule has 0 N–H and O–H groups in total. The maximum atomic E-state index is 12.9. The maximum Gasteiger partial charge on any atom is 0.225 e. The number of aromatic nitrogens is 3. The molecule has 2 aliphatic rings. The van der Waals surface area contributed by atoms with Gasteiger partial charge in [0, 0.05) is 37.7 Å². The topological polar surface area (TPSA) is 53.7 Å². The van der Waals surface area contributed by atoms with Gasteiger partial charge in [0.2, 0.25) is 16.0 Å². The fourth-order valence-corrected chi connectivity index (χ4v) is 5.48. The van der Waals surface area contributed by atoms with E-state index in [1.54, 1.807) is 11.3 Å². The second-order valence-corrected chi connectivity index (χ2v) is 9.54. The molecule has 1 amide bonds. The third-order valence-corrected chi connectivity index (χ3v) is 7.40. The second kappa shape index (κ2) is 8.38. The van der Waals surface area contributed by atoms with Crippen molar-refractivity contribution in [3.8, 4) is 11.3 Å². The molecule has 0 radical (unpaired) electrons. The number of carbonyl (C=O) groups is 1. The number of piperidine rings is 1. The molecule has 2 fully saturated rings. The molecule has 2 aromatic heterocycles. The first-order chi connectivity index (χ1) is 14.7. The van der Waals surface area contributed by atoms with E-state index >= 15 is 0 Å². The van der Waals surface area contributed by atoms with Crippen LogP contribution in [0.2, 0.25) is 0 Å². The normalized spacial score (nSPS) is 18.7. The molecule has 2 aliphatic heterocycles. The Morgan fingerprint density at radius 3 is 2.37 bits per heavy atom. The van der Waals surface area contributed by atoms with Crippen molar-refractivity contribution in [1.82, 2.24) is 19.5 Å². The van der Waals surface area contributed by atoms with Crippen LogP contribution >= 0.6 is 11.3 Å². The zero-order valence-electron chi connectivity index (χ0n) is 17.6. The Balaban J connectivity index is 1.23. The van der Waals surface area contributed by atoms with Gasteiger partial charge in [-0.05, 0) is 32.6 Å². The summed E-state index contributed by atoms with van der Waals surface area (Å²) in [6, 6.07) is 8.43. The lowest BCUT2D eigenvalue weighted by atomic mass is 9.95. The Morgan fingerprint density at radius 2 is 1.70 bits per heavy atom. The molecule has 1 aromatic carbocycles. The van der Waals surface area contributed by atoms with Gasteiger partial charge in [-0.25, -0.2) is 9.50 Å². The molecule has 0 bridgehead atoms. The van der Waals surface area contributed by atoms with E-state index in [-0.39, 0.29) is 5.92 Å². The quantitative estimate of drug-likeness (QED) is 0.627. The van der Waals surface area contributed by atoms with Crippen molar-refractivity contribution in [3.05, 3.63) is 36.0 Å². The lowest BCUT2D eigenvalue weighted by Gasteiger charge is -2.33. The molecule has 2 saturated heterocycles. The van der Waals surface area contributed by atoms with Crippen molar-refractivity contribution in [2.24, 2.45) is 5.92 Å². The van der Waals surface area contributed by atoms with Crippen LogP contribution in [0.25, 0.3) is 16.2 Å². The first-order valence-corrected chi connectivity index (χ1v) is 12.0.